The van der Waals surface area contributed by atoms with E-state index in [1.807, 2.05) is 6.07 Å². The molecule has 0 bridgehead atoms. The fourth-order valence-electron chi connectivity index (χ4n) is 4.43. The molecule has 2 heterocycles. The number of oxazole rings is 1. The van der Waals surface area contributed by atoms with Crippen LogP contribution in [0.1, 0.15) is 54.0 Å². The van der Waals surface area contributed by atoms with Crippen LogP contribution in [-0.4, -0.2) is 70.7 Å². The van der Waals surface area contributed by atoms with E-state index >= 15 is 0 Å². The van der Waals surface area contributed by atoms with E-state index in [0.29, 0.717) is 12.4 Å². The van der Waals surface area contributed by atoms with E-state index in [9.17, 15) is 9.90 Å². The molecule has 2 aromatic rings. The van der Waals surface area contributed by atoms with E-state index in [2.05, 4.69) is 56.5 Å². The molecule has 172 valence electrons. The molecule has 32 heavy (non-hydrogen) atoms. The summed E-state index contributed by atoms with van der Waals surface area (Å²) in [5.74, 6) is 0.276. The van der Waals surface area contributed by atoms with Gasteiger partial charge in [0.1, 0.15) is 6.26 Å². The van der Waals surface area contributed by atoms with Crippen LogP contribution in [0.4, 0.5) is 0 Å². The second-order valence-corrected chi connectivity index (χ2v) is 8.98. The molecule has 0 spiro atoms. The summed E-state index contributed by atoms with van der Waals surface area (Å²) < 4.78 is 5.55. The van der Waals surface area contributed by atoms with Gasteiger partial charge in [-0.25, -0.2) is 4.98 Å². The average molecular weight is 439 g/mol. The Morgan fingerprint density at radius 3 is 2.56 bits per heavy atom. The summed E-state index contributed by atoms with van der Waals surface area (Å²) in [4.78, 5) is 21.5. The first kappa shape index (κ1) is 22.7. The van der Waals surface area contributed by atoms with E-state index in [0.717, 1.165) is 64.8 Å². The molecule has 0 atom stereocenters. The van der Waals surface area contributed by atoms with Crippen molar-refractivity contribution >= 4 is 12.0 Å². The highest BCUT2D eigenvalue weighted by molar-refractivity contribution is 5.91. The molecular formula is C25H34N4O3. The average Bonchev–Trinajstić information content (AvgIpc) is 3.28. The van der Waals surface area contributed by atoms with E-state index in [1.54, 1.807) is 0 Å². The lowest BCUT2D eigenvalue weighted by atomic mass is 9.85. The molecule has 1 saturated heterocycles. The molecule has 7 heteroatoms. The Kier molecular flexibility index (Phi) is 7.73. The Bertz CT molecular complexity index is 882. The van der Waals surface area contributed by atoms with E-state index in [4.69, 9.17) is 4.42 Å². The summed E-state index contributed by atoms with van der Waals surface area (Å²) in [6, 6.07) is 10.3. The molecule has 7 nitrogen and oxygen atoms in total. The lowest BCUT2D eigenvalue weighted by molar-refractivity contribution is 0.00521. The number of aliphatic hydroxyl groups is 1. The summed E-state index contributed by atoms with van der Waals surface area (Å²) in [6.45, 7) is 5.68. The summed E-state index contributed by atoms with van der Waals surface area (Å²) in [5.41, 5.74) is 0.725. The number of nitrogens with one attached hydrogen (secondary N) is 1. The Morgan fingerprint density at radius 1 is 1.09 bits per heavy atom. The third-order valence-electron chi connectivity index (χ3n) is 6.44. The minimum Gasteiger partial charge on any atom is -0.447 e. The molecule has 2 fully saturated rings. The molecule has 2 aliphatic rings. The molecule has 1 saturated carbocycles. The van der Waals surface area contributed by atoms with Crippen molar-refractivity contribution in [1.82, 2.24) is 20.1 Å². The molecule has 0 unspecified atom stereocenters. The summed E-state index contributed by atoms with van der Waals surface area (Å²) >= 11 is 0. The number of hydrogen-bond acceptors (Lipinski definition) is 6. The molecule has 4 rings (SSSR count). The number of hydrogen-bond donors (Lipinski definition) is 2. The molecule has 1 aromatic heterocycles. The first-order valence-electron chi connectivity index (χ1n) is 11.7. The fraction of sp³-hybridized carbons (Fsp3) is 0.520. The van der Waals surface area contributed by atoms with Crippen LogP contribution >= 0.6 is 0 Å². The van der Waals surface area contributed by atoms with Gasteiger partial charge >= 0.3 is 0 Å². The molecule has 0 radical (unpaired) electrons. The highest BCUT2D eigenvalue weighted by atomic mass is 16.3. The monoisotopic (exact) mass is 438 g/mol. The first-order chi connectivity index (χ1) is 15.6. The van der Waals surface area contributed by atoms with E-state index in [-0.39, 0.29) is 18.1 Å². The third-order valence-corrected chi connectivity index (χ3v) is 6.44. The van der Waals surface area contributed by atoms with Crippen LogP contribution in [0.25, 0.3) is 6.08 Å². The standard InChI is InChI=1S/C25H34N4O3/c30-24(26-20-25(31)11-5-2-6-12-25)22-19-32-23(27-22)18-29-16-14-28(15-17-29)13-7-10-21-8-3-1-4-9-21/h1,3-4,7-10,19,31H,2,5-6,11-18,20H2,(H,26,30)/b10-7+. The van der Waals surface area contributed by atoms with Crippen molar-refractivity contribution in [3.8, 4) is 0 Å². The highest BCUT2D eigenvalue weighted by Gasteiger charge is 2.30. The Morgan fingerprint density at radius 2 is 1.81 bits per heavy atom. The van der Waals surface area contributed by atoms with Crippen LogP contribution in [0.15, 0.2) is 47.1 Å². The molecule has 1 aliphatic heterocycles. The summed E-state index contributed by atoms with van der Waals surface area (Å²) in [7, 11) is 0. The molecule has 1 amide bonds. The third kappa shape index (κ3) is 6.51. The Hall–Kier alpha value is -2.48. The maximum atomic E-state index is 12.4. The second kappa shape index (κ2) is 10.9. The van der Waals surface area contributed by atoms with Crippen LogP contribution in [0, 0.1) is 0 Å². The van der Waals surface area contributed by atoms with Crippen molar-refractivity contribution < 1.29 is 14.3 Å². The van der Waals surface area contributed by atoms with Gasteiger partial charge in [0, 0.05) is 39.3 Å². The normalized spacial score (nSPS) is 19.9. The van der Waals surface area contributed by atoms with Crippen molar-refractivity contribution in [3.63, 3.8) is 0 Å². The second-order valence-electron chi connectivity index (χ2n) is 8.98. The van der Waals surface area contributed by atoms with E-state index < -0.39 is 5.60 Å². The van der Waals surface area contributed by atoms with Crippen LogP contribution in [-0.2, 0) is 6.54 Å². The van der Waals surface area contributed by atoms with Gasteiger partial charge in [0.25, 0.3) is 5.91 Å². The zero-order valence-corrected chi connectivity index (χ0v) is 18.7. The zero-order valence-electron chi connectivity index (χ0n) is 18.7. The lowest BCUT2D eigenvalue weighted by Gasteiger charge is -2.33. The highest BCUT2D eigenvalue weighted by Crippen LogP contribution is 2.27. The van der Waals surface area contributed by atoms with Crippen molar-refractivity contribution in [3.05, 3.63) is 59.8 Å². The van der Waals surface area contributed by atoms with Gasteiger partial charge in [0.05, 0.1) is 12.1 Å². The van der Waals surface area contributed by atoms with Crippen molar-refractivity contribution in [2.24, 2.45) is 0 Å². The van der Waals surface area contributed by atoms with Gasteiger partial charge in [-0.15, -0.1) is 0 Å². The van der Waals surface area contributed by atoms with Gasteiger partial charge < -0.3 is 14.8 Å². The zero-order chi connectivity index (χ0) is 22.2. The minimum absolute atomic E-state index is 0.273. The summed E-state index contributed by atoms with van der Waals surface area (Å²) in [5, 5.41) is 13.4. The largest absolute Gasteiger partial charge is 0.447 e. The predicted molar refractivity (Wildman–Crippen MR) is 124 cm³/mol. The Labute approximate surface area is 190 Å². The Balaban J connectivity index is 1.18. The topological polar surface area (TPSA) is 81.8 Å². The quantitative estimate of drug-likeness (QED) is 0.660. The fourth-order valence-corrected chi connectivity index (χ4v) is 4.43. The van der Waals surface area contributed by atoms with Gasteiger partial charge in [-0.05, 0) is 18.4 Å². The predicted octanol–water partition coefficient (Wildman–Crippen LogP) is 2.93. The van der Waals surface area contributed by atoms with Crippen molar-refractivity contribution in [1.29, 1.82) is 0 Å². The molecule has 1 aromatic carbocycles. The van der Waals surface area contributed by atoms with Gasteiger partial charge in [-0.1, -0.05) is 61.7 Å². The number of benzene rings is 1. The number of nitrogens with zero attached hydrogens (tertiary/aromatic N) is 3. The first-order valence-corrected chi connectivity index (χ1v) is 11.7. The lowest BCUT2D eigenvalue weighted by Crippen LogP contribution is -2.45. The molecular weight excluding hydrogens is 404 g/mol. The molecule has 2 N–H and O–H groups in total. The smallest absolute Gasteiger partial charge is 0.273 e. The van der Waals surface area contributed by atoms with Crippen LogP contribution in [0.3, 0.4) is 0 Å². The SMILES string of the molecule is O=C(NCC1(O)CCCCC1)c1coc(CN2CCN(C/C=C/c3ccccc3)CC2)n1. The maximum absolute atomic E-state index is 12.4. The number of aromatic nitrogens is 1. The van der Waals surface area contributed by atoms with Crippen molar-refractivity contribution in [2.75, 3.05) is 39.3 Å². The summed E-state index contributed by atoms with van der Waals surface area (Å²) in [6.07, 6.45) is 10.5. The molecule has 1 aliphatic carbocycles. The van der Waals surface area contributed by atoms with Crippen LogP contribution < -0.4 is 5.32 Å². The van der Waals surface area contributed by atoms with Gasteiger partial charge in [-0.2, -0.15) is 0 Å². The number of carbonyl (C=O) groups excluding carboxylic acids is 1. The minimum atomic E-state index is -0.781. The van der Waals surface area contributed by atoms with Gasteiger partial charge in [0.2, 0.25) is 5.89 Å². The van der Waals surface area contributed by atoms with Gasteiger partial charge in [0.15, 0.2) is 5.69 Å². The van der Waals surface area contributed by atoms with Crippen LogP contribution in [0.5, 0.6) is 0 Å². The van der Waals surface area contributed by atoms with Crippen molar-refractivity contribution in [2.45, 2.75) is 44.2 Å². The number of piperazine rings is 1. The van der Waals surface area contributed by atoms with Crippen LogP contribution in [0.2, 0.25) is 0 Å². The van der Waals surface area contributed by atoms with E-state index in [1.165, 1.54) is 11.8 Å². The number of carbonyl (C=O) groups is 1. The maximum Gasteiger partial charge on any atom is 0.273 e. The van der Waals surface area contributed by atoms with Gasteiger partial charge in [-0.3, -0.25) is 14.6 Å². The number of amides is 1. The number of rotatable bonds is 8.